The van der Waals surface area contributed by atoms with E-state index in [2.05, 4.69) is 35.8 Å². The summed E-state index contributed by atoms with van der Waals surface area (Å²) in [4.78, 5) is 39.5. The van der Waals surface area contributed by atoms with Crippen molar-refractivity contribution in [1.82, 2.24) is 0 Å². The van der Waals surface area contributed by atoms with Crippen molar-refractivity contribution in [3.05, 3.63) is 49.1 Å². The molecule has 0 bridgehead atoms. The third kappa shape index (κ3) is 32.7. The lowest BCUT2D eigenvalue weighted by molar-refractivity contribution is -0.137. The number of carbonyl (C=O) groups is 4. The summed E-state index contributed by atoms with van der Waals surface area (Å²) in [5, 5.41) is 15.8. The molecule has 0 radical (unpaired) electrons. The van der Waals surface area contributed by atoms with Crippen molar-refractivity contribution in [3.63, 3.8) is 0 Å². The Labute approximate surface area is 154 Å². The number of methoxy groups -OCH3 is 1. The van der Waals surface area contributed by atoms with Gasteiger partial charge in [0.25, 0.3) is 0 Å². The fraction of sp³-hybridized carbons (Fsp3) is 0.333. The van der Waals surface area contributed by atoms with Gasteiger partial charge in [-0.25, -0.2) is 19.2 Å². The number of esters is 2. The minimum absolute atomic E-state index is 0.176. The summed E-state index contributed by atoms with van der Waals surface area (Å²) in [6.07, 6.45) is 1.14. The quantitative estimate of drug-likeness (QED) is 0.557. The zero-order valence-corrected chi connectivity index (χ0v) is 16.0. The van der Waals surface area contributed by atoms with Crippen molar-refractivity contribution in [1.29, 1.82) is 0 Å². The largest absolute Gasteiger partial charge is 0.478 e. The molecule has 0 unspecified atom stereocenters. The minimum atomic E-state index is -0.935. The molecule has 0 saturated carbocycles. The lowest BCUT2D eigenvalue weighted by Gasteiger charge is -1.91. The van der Waals surface area contributed by atoms with Crippen LogP contribution in [-0.4, -0.2) is 47.8 Å². The van der Waals surface area contributed by atoms with Crippen LogP contribution in [0.5, 0.6) is 0 Å². The highest BCUT2D eigenvalue weighted by molar-refractivity contribution is 5.86. The molecule has 8 nitrogen and oxygen atoms in total. The van der Waals surface area contributed by atoms with Gasteiger partial charge in [0.15, 0.2) is 0 Å². The van der Waals surface area contributed by atoms with E-state index in [0.29, 0.717) is 12.2 Å². The number of rotatable bonds is 5. The molecule has 0 rings (SSSR count). The third-order valence-electron chi connectivity index (χ3n) is 1.72. The topological polar surface area (TPSA) is 127 Å². The molecule has 0 heterocycles. The molecule has 8 heteroatoms. The Morgan fingerprint density at radius 3 is 1.23 bits per heavy atom. The van der Waals surface area contributed by atoms with Crippen LogP contribution in [0.25, 0.3) is 0 Å². The van der Waals surface area contributed by atoms with Crippen LogP contribution in [0.4, 0.5) is 0 Å². The fourth-order valence-corrected chi connectivity index (χ4v) is 0.375. The Morgan fingerprint density at radius 2 is 1.19 bits per heavy atom. The van der Waals surface area contributed by atoms with Crippen molar-refractivity contribution >= 4 is 23.9 Å². The molecule has 0 spiro atoms. The van der Waals surface area contributed by atoms with E-state index in [4.69, 9.17) is 10.2 Å². The van der Waals surface area contributed by atoms with E-state index < -0.39 is 11.9 Å². The van der Waals surface area contributed by atoms with Crippen LogP contribution in [0.1, 0.15) is 27.7 Å². The monoisotopic (exact) mass is 372 g/mol. The lowest BCUT2D eigenvalue weighted by Crippen LogP contribution is -1.98. The van der Waals surface area contributed by atoms with Gasteiger partial charge in [-0.2, -0.15) is 0 Å². The SMILES string of the molecule is C=C(C)C(=O)O.C=C(C)C(=O)O.C=C(C)C(=O)OC.C=CC(=O)OCC. The maximum absolute atomic E-state index is 10.2. The molecule has 0 fully saturated rings. The first-order valence-corrected chi connectivity index (χ1v) is 7.08. The van der Waals surface area contributed by atoms with Crippen LogP contribution >= 0.6 is 0 Å². The number of hydrogen-bond donors (Lipinski definition) is 2. The average Bonchev–Trinajstić information content (AvgIpc) is 2.55. The third-order valence-corrected chi connectivity index (χ3v) is 1.72. The number of carbonyl (C=O) groups excluding carboxylic acids is 2. The second-order valence-corrected chi connectivity index (χ2v) is 4.40. The lowest BCUT2D eigenvalue weighted by atomic mass is 10.4. The van der Waals surface area contributed by atoms with Crippen molar-refractivity contribution in [2.75, 3.05) is 13.7 Å². The van der Waals surface area contributed by atoms with Crippen molar-refractivity contribution in [2.45, 2.75) is 27.7 Å². The predicted octanol–water partition coefficient (Wildman–Crippen LogP) is 2.77. The van der Waals surface area contributed by atoms with E-state index in [1.165, 1.54) is 21.0 Å². The van der Waals surface area contributed by atoms with Gasteiger partial charge in [-0.1, -0.05) is 26.3 Å². The molecular weight excluding hydrogens is 344 g/mol. The Balaban J connectivity index is -0.000000124. The van der Waals surface area contributed by atoms with Gasteiger partial charge in [-0.15, -0.1) is 0 Å². The molecule has 0 aliphatic rings. The highest BCUT2D eigenvalue weighted by Crippen LogP contribution is 1.87. The second-order valence-electron chi connectivity index (χ2n) is 4.40. The van der Waals surface area contributed by atoms with Crippen LogP contribution in [0.3, 0.4) is 0 Å². The molecule has 0 atom stereocenters. The molecule has 26 heavy (non-hydrogen) atoms. The minimum Gasteiger partial charge on any atom is -0.478 e. The fourth-order valence-electron chi connectivity index (χ4n) is 0.375. The van der Waals surface area contributed by atoms with Crippen molar-refractivity contribution < 1.29 is 38.9 Å². The van der Waals surface area contributed by atoms with Crippen LogP contribution in [-0.2, 0) is 28.7 Å². The maximum atomic E-state index is 10.2. The van der Waals surface area contributed by atoms with E-state index in [9.17, 15) is 19.2 Å². The Morgan fingerprint density at radius 1 is 0.885 bits per heavy atom. The zero-order valence-electron chi connectivity index (χ0n) is 16.0. The van der Waals surface area contributed by atoms with Crippen LogP contribution < -0.4 is 0 Å². The Hall–Kier alpha value is -3.16. The number of hydrogen-bond acceptors (Lipinski definition) is 6. The van der Waals surface area contributed by atoms with Crippen LogP contribution in [0, 0.1) is 0 Å². The zero-order chi connectivity index (χ0) is 21.9. The van der Waals surface area contributed by atoms with Gasteiger partial charge in [-0.05, 0) is 27.7 Å². The Kier molecular flexibility index (Phi) is 23.5. The summed E-state index contributed by atoms with van der Waals surface area (Å²) in [6, 6.07) is 0. The summed E-state index contributed by atoms with van der Waals surface area (Å²) in [5.41, 5.74) is 0.785. The van der Waals surface area contributed by atoms with E-state index >= 15 is 0 Å². The van der Waals surface area contributed by atoms with Gasteiger partial charge in [-0.3, -0.25) is 0 Å². The summed E-state index contributed by atoms with van der Waals surface area (Å²) >= 11 is 0. The van der Waals surface area contributed by atoms with E-state index in [1.807, 2.05) is 0 Å². The van der Waals surface area contributed by atoms with Gasteiger partial charge in [0.05, 0.1) is 13.7 Å². The van der Waals surface area contributed by atoms with Gasteiger partial charge < -0.3 is 19.7 Å². The first-order valence-electron chi connectivity index (χ1n) is 7.08. The summed E-state index contributed by atoms with van der Waals surface area (Å²) in [7, 11) is 1.33. The second kappa shape index (κ2) is 19.9. The average molecular weight is 372 g/mol. The number of carboxylic acid groups (broad SMARTS) is 2. The first-order chi connectivity index (χ1) is 11.8. The van der Waals surface area contributed by atoms with Gasteiger partial charge >= 0.3 is 23.9 Å². The van der Waals surface area contributed by atoms with Crippen molar-refractivity contribution in [2.24, 2.45) is 0 Å². The predicted molar refractivity (Wildman–Crippen MR) is 98.6 cm³/mol. The van der Waals surface area contributed by atoms with Gasteiger partial charge in [0, 0.05) is 22.8 Å². The standard InChI is InChI=1S/2C5H8O2.2C4H6O2/c1-4(2)5(6)7-3;1-3-5(6)7-4-2;2*1-3(2)4(5)6/h1H2,2-3H3;3H,1,4H2,2H3;2*1H2,2H3,(H,5,6). The van der Waals surface area contributed by atoms with E-state index in [1.54, 1.807) is 13.8 Å². The number of carboxylic acids is 2. The summed E-state index contributed by atoms with van der Waals surface area (Å²) in [5.74, 6) is -2.58. The molecule has 0 aliphatic heterocycles. The van der Waals surface area contributed by atoms with Crippen molar-refractivity contribution in [3.8, 4) is 0 Å². The number of ether oxygens (including phenoxy) is 2. The highest BCUT2D eigenvalue weighted by atomic mass is 16.5. The molecule has 0 aromatic heterocycles. The molecular formula is C18H28O8. The summed E-state index contributed by atoms with van der Waals surface area (Å²) < 4.78 is 8.71. The van der Waals surface area contributed by atoms with Gasteiger partial charge in [0.2, 0.25) is 0 Å². The van der Waals surface area contributed by atoms with Crippen LogP contribution in [0.2, 0.25) is 0 Å². The summed E-state index contributed by atoms with van der Waals surface area (Å²) in [6.45, 7) is 19.5. The molecule has 0 aromatic carbocycles. The van der Waals surface area contributed by atoms with E-state index in [0.717, 1.165) is 6.08 Å². The number of aliphatic carboxylic acids is 2. The molecule has 0 aliphatic carbocycles. The maximum Gasteiger partial charge on any atom is 0.332 e. The molecule has 0 aromatic rings. The van der Waals surface area contributed by atoms with Crippen LogP contribution in [0.15, 0.2) is 49.1 Å². The molecule has 0 amide bonds. The Bertz CT molecular complexity index is 479. The van der Waals surface area contributed by atoms with Gasteiger partial charge in [0.1, 0.15) is 0 Å². The molecule has 0 saturated heterocycles. The first kappa shape index (κ1) is 30.7. The molecule has 148 valence electrons. The normalized spacial score (nSPS) is 7.58. The smallest absolute Gasteiger partial charge is 0.332 e. The highest BCUT2D eigenvalue weighted by Gasteiger charge is 1.95. The molecule has 2 N–H and O–H groups in total. The van der Waals surface area contributed by atoms with E-state index in [-0.39, 0.29) is 23.1 Å².